The van der Waals surface area contributed by atoms with Crippen LogP contribution in [0.2, 0.25) is 0 Å². The van der Waals surface area contributed by atoms with Crippen LogP contribution < -0.4 is 25.2 Å². The molecule has 3 N–H and O–H groups in total. The highest BCUT2D eigenvalue weighted by atomic mass is 35.5. The van der Waals surface area contributed by atoms with Crippen LogP contribution in [0, 0.1) is 16.7 Å². The molecule has 0 spiro atoms. The number of ketones is 1. The predicted octanol–water partition coefficient (Wildman–Crippen LogP) is 2.03. The zero-order valence-electron chi connectivity index (χ0n) is 19.5. The highest BCUT2D eigenvalue weighted by Gasteiger charge is 2.65. The van der Waals surface area contributed by atoms with E-state index in [-0.39, 0.29) is 40.7 Å². The number of halogens is 1. The number of benzene rings is 1. The quantitative estimate of drug-likeness (QED) is 0.390. The number of hydrogen-bond donors (Lipinski definition) is 3. The third-order valence-corrected chi connectivity index (χ3v) is 10.6. The fraction of sp³-hybridized carbons (Fsp3) is 0.636. The summed E-state index contributed by atoms with van der Waals surface area (Å²) in [5.41, 5.74) is 5.53. The number of Topliss-reactive ketones (excluding diaryl/α,β-unsaturated/α-hetero) is 1. The van der Waals surface area contributed by atoms with Gasteiger partial charge in [0.2, 0.25) is 15.3 Å². The highest BCUT2D eigenvalue weighted by Crippen LogP contribution is 2.64. The summed E-state index contributed by atoms with van der Waals surface area (Å²) in [6.07, 6.45) is 1.55. The molecule has 188 valence electrons. The van der Waals surface area contributed by atoms with Crippen LogP contribution >= 0.6 is 23.4 Å². The van der Waals surface area contributed by atoms with E-state index in [1.165, 1.54) is 11.8 Å². The Labute approximate surface area is 209 Å². The van der Waals surface area contributed by atoms with Crippen molar-refractivity contribution in [3.05, 3.63) is 24.3 Å². The van der Waals surface area contributed by atoms with Gasteiger partial charge in [-0.05, 0) is 60.0 Å². The lowest BCUT2D eigenvalue weighted by atomic mass is 9.70. The Hall–Kier alpha value is -1.37. The first kappa shape index (κ1) is 25.7. The van der Waals surface area contributed by atoms with Gasteiger partial charge in [0.1, 0.15) is 23.2 Å². The van der Waals surface area contributed by atoms with Gasteiger partial charge < -0.3 is 9.64 Å². The number of methoxy groups -OCH3 is 1. The third kappa shape index (κ3) is 4.70. The number of hydrazine groups is 1. The topological polar surface area (TPSA) is 117 Å². The normalized spacial score (nSPS) is 30.2. The molecule has 1 heterocycles. The second-order valence-electron chi connectivity index (χ2n) is 9.70. The van der Waals surface area contributed by atoms with Crippen molar-refractivity contribution in [2.24, 2.45) is 16.7 Å². The van der Waals surface area contributed by atoms with Gasteiger partial charge >= 0.3 is 0 Å². The Morgan fingerprint density at radius 2 is 2.00 bits per heavy atom. The molecule has 1 aromatic carbocycles. The number of thioether (sulfide) groups is 1. The molecule has 3 aliphatic rings. The lowest BCUT2D eigenvalue weighted by Crippen LogP contribution is -2.50. The van der Waals surface area contributed by atoms with E-state index in [1.54, 1.807) is 7.11 Å². The highest BCUT2D eigenvalue weighted by molar-refractivity contribution is 8.00. The lowest BCUT2D eigenvalue weighted by molar-refractivity contribution is -0.128. The summed E-state index contributed by atoms with van der Waals surface area (Å²) < 4.78 is 34.3. The first-order chi connectivity index (χ1) is 16.0. The number of hydrogen-bond acceptors (Lipinski definition) is 9. The fourth-order valence-corrected chi connectivity index (χ4v) is 8.54. The van der Waals surface area contributed by atoms with Crippen molar-refractivity contribution in [3.63, 3.8) is 0 Å². The molecule has 2 bridgehead atoms. The fourth-order valence-electron chi connectivity index (χ4n) is 5.64. The summed E-state index contributed by atoms with van der Waals surface area (Å²) in [4.78, 5) is 26.1. The van der Waals surface area contributed by atoms with Gasteiger partial charge in [-0.3, -0.25) is 9.59 Å². The van der Waals surface area contributed by atoms with Crippen LogP contribution in [0.5, 0.6) is 5.75 Å². The molecule has 1 aromatic rings. The summed E-state index contributed by atoms with van der Waals surface area (Å²) >= 11 is 6.83. The van der Waals surface area contributed by atoms with Gasteiger partial charge in [-0.1, -0.05) is 13.8 Å². The van der Waals surface area contributed by atoms with Gasteiger partial charge in [0, 0.05) is 24.1 Å². The van der Waals surface area contributed by atoms with E-state index in [0.29, 0.717) is 18.6 Å². The average Bonchev–Trinajstić information content (AvgIpc) is 3.35. The number of nitrogens with one attached hydrogen (secondary N) is 3. The Morgan fingerprint density at radius 3 is 2.56 bits per heavy atom. The van der Waals surface area contributed by atoms with E-state index >= 15 is 0 Å². The maximum absolute atomic E-state index is 13.2. The molecule has 1 aliphatic heterocycles. The second-order valence-corrected chi connectivity index (χ2v) is 13.0. The van der Waals surface area contributed by atoms with Crippen LogP contribution in [0.15, 0.2) is 24.3 Å². The van der Waals surface area contributed by atoms with Gasteiger partial charge in [-0.25, -0.2) is 24.0 Å². The van der Waals surface area contributed by atoms with Crippen molar-refractivity contribution < 1.29 is 22.7 Å². The summed E-state index contributed by atoms with van der Waals surface area (Å²) in [7, 11) is -2.15. The zero-order chi connectivity index (χ0) is 24.7. The van der Waals surface area contributed by atoms with Gasteiger partial charge in [0.05, 0.1) is 18.6 Å². The number of sulfonamides is 1. The smallest absolute Gasteiger partial charge is 0.231 e. The van der Waals surface area contributed by atoms with Crippen molar-refractivity contribution in [3.8, 4) is 5.75 Å². The predicted molar refractivity (Wildman–Crippen MR) is 133 cm³/mol. The number of ether oxygens (including phenoxy) is 1. The van der Waals surface area contributed by atoms with Crippen molar-refractivity contribution in [1.82, 2.24) is 15.6 Å². The van der Waals surface area contributed by atoms with E-state index in [1.807, 2.05) is 43.0 Å². The average molecular weight is 531 g/mol. The van der Waals surface area contributed by atoms with Crippen LogP contribution in [0.1, 0.15) is 33.1 Å². The van der Waals surface area contributed by atoms with Crippen molar-refractivity contribution in [1.29, 1.82) is 0 Å². The minimum Gasteiger partial charge on any atom is -0.497 e. The number of nitrogens with zero attached hydrogens (tertiary/aromatic N) is 1. The summed E-state index contributed by atoms with van der Waals surface area (Å²) in [5.74, 6) is 0.918. The Kier molecular flexibility index (Phi) is 7.25. The van der Waals surface area contributed by atoms with Gasteiger partial charge in [-0.2, -0.15) is 0 Å². The Balaban J connectivity index is 1.48. The number of carbonyl (C=O) groups is 2. The maximum atomic E-state index is 13.2. The molecule has 3 fully saturated rings. The van der Waals surface area contributed by atoms with Crippen LogP contribution in [-0.2, 0) is 19.6 Å². The van der Waals surface area contributed by atoms with Crippen molar-refractivity contribution >= 4 is 50.1 Å². The molecular weight excluding hydrogens is 500 g/mol. The SMILES string of the molecule is COc1ccc(N2C(CNS(=O)(=O)CC34CCC(CC3=O)C4(C)C)NNC2SCC(=O)Cl)cc1. The Morgan fingerprint density at radius 1 is 1.29 bits per heavy atom. The molecule has 2 aliphatic carbocycles. The standard InChI is InChI=1S/C22H31ClN4O5S2/c1-21(2)14-8-9-22(21,17(28)10-14)13-34(30,31)24-11-19-25-26-20(33-12-18(23)29)27(19)15-4-6-16(32-3)7-5-15/h4-7,14,19-20,24-26H,8-13H2,1-3H3. The van der Waals surface area contributed by atoms with Crippen LogP contribution in [0.4, 0.5) is 5.69 Å². The van der Waals surface area contributed by atoms with E-state index in [0.717, 1.165) is 12.1 Å². The van der Waals surface area contributed by atoms with E-state index in [2.05, 4.69) is 15.6 Å². The number of fused-ring (bicyclic) bond motifs is 2. The van der Waals surface area contributed by atoms with Gasteiger partial charge in [0.15, 0.2) is 0 Å². The molecule has 0 radical (unpaired) electrons. The summed E-state index contributed by atoms with van der Waals surface area (Å²) in [6.45, 7) is 4.12. The molecular formula is C22H31ClN4O5S2. The molecule has 4 unspecified atom stereocenters. The maximum Gasteiger partial charge on any atom is 0.231 e. The third-order valence-electron chi connectivity index (χ3n) is 7.76. The molecule has 12 heteroatoms. The minimum absolute atomic E-state index is 0.0708. The molecule has 1 saturated heterocycles. The molecule has 0 amide bonds. The Bertz CT molecular complexity index is 1050. The summed E-state index contributed by atoms with van der Waals surface area (Å²) in [5, 5.41) is -0.469. The molecule has 4 atom stereocenters. The van der Waals surface area contributed by atoms with E-state index < -0.39 is 26.8 Å². The number of carbonyl (C=O) groups excluding carboxylic acids is 2. The van der Waals surface area contributed by atoms with Gasteiger partial charge in [-0.15, -0.1) is 11.8 Å². The first-order valence-electron chi connectivity index (χ1n) is 11.2. The van der Waals surface area contributed by atoms with Crippen LogP contribution in [0.3, 0.4) is 0 Å². The lowest BCUT2D eigenvalue weighted by Gasteiger charge is -2.36. The largest absolute Gasteiger partial charge is 0.497 e. The zero-order valence-corrected chi connectivity index (χ0v) is 21.9. The van der Waals surface area contributed by atoms with E-state index in [9.17, 15) is 18.0 Å². The van der Waals surface area contributed by atoms with E-state index in [4.69, 9.17) is 16.3 Å². The van der Waals surface area contributed by atoms with Crippen LogP contribution in [0.25, 0.3) is 0 Å². The molecule has 34 heavy (non-hydrogen) atoms. The van der Waals surface area contributed by atoms with Gasteiger partial charge in [0.25, 0.3) is 0 Å². The number of rotatable bonds is 10. The molecule has 9 nitrogen and oxygen atoms in total. The molecule has 0 aromatic heterocycles. The monoisotopic (exact) mass is 530 g/mol. The van der Waals surface area contributed by atoms with Crippen molar-refractivity contribution in [2.45, 2.75) is 44.8 Å². The summed E-state index contributed by atoms with van der Waals surface area (Å²) in [6, 6.07) is 7.35. The number of anilines is 1. The van der Waals surface area contributed by atoms with Crippen molar-refractivity contribution in [2.75, 3.05) is 30.1 Å². The van der Waals surface area contributed by atoms with Crippen LogP contribution in [-0.4, -0.2) is 56.3 Å². The molecule has 2 saturated carbocycles. The molecule has 4 rings (SSSR count). The first-order valence-corrected chi connectivity index (χ1v) is 14.3. The minimum atomic E-state index is -3.73. The second kappa shape index (κ2) is 9.59.